The second-order valence-electron chi connectivity index (χ2n) is 6.92. The van der Waals surface area contributed by atoms with Gasteiger partial charge in [-0.25, -0.2) is 4.98 Å². The number of hydrogen-bond acceptors (Lipinski definition) is 5. The van der Waals surface area contributed by atoms with Gasteiger partial charge in [0.1, 0.15) is 0 Å². The highest BCUT2D eigenvalue weighted by Crippen LogP contribution is 2.24. The predicted octanol–water partition coefficient (Wildman–Crippen LogP) is 3.81. The number of benzene rings is 1. The molecule has 0 spiro atoms. The normalized spacial score (nSPS) is 10.8. The van der Waals surface area contributed by atoms with Crippen molar-refractivity contribution in [1.29, 1.82) is 0 Å². The van der Waals surface area contributed by atoms with Crippen molar-refractivity contribution in [1.82, 2.24) is 19.8 Å². The fourth-order valence-corrected chi connectivity index (χ4v) is 4.49. The number of carbonyl (C=O) groups is 2. The molecule has 0 bridgehead atoms. The van der Waals surface area contributed by atoms with Crippen molar-refractivity contribution >= 4 is 34.9 Å². The molecule has 0 aliphatic rings. The van der Waals surface area contributed by atoms with Crippen molar-refractivity contribution < 1.29 is 9.59 Å². The summed E-state index contributed by atoms with van der Waals surface area (Å²) in [5, 5.41) is 5.61. The van der Waals surface area contributed by atoms with Crippen LogP contribution < -0.4 is 5.32 Å². The summed E-state index contributed by atoms with van der Waals surface area (Å²) in [5.74, 6) is -0.00161. The number of likely N-dealkylation sites (N-methyl/N-ethyl adjacent to an activating group) is 1. The minimum absolute atomic E-state index is 0.0622. The summed E-state index contributed by atoms with van der Waals surface area (Å²) in [6, 6.07) is 10.2. The first-order valence-corrected chi connectivity index (χ1v) is 11.6. The van der Waals surface area contributed by atoms with E-state index in [0.717, 1.165) is 21.3 Å². The Balaban J connectivity index is 1.57. The molecule has 0 fully saturated rings. The zero-order valence-electron chi connectivity index (χ0n) is 17.4. The van der Waals surface area contributed by atoms with Gasteiger partial charge < -0.3 is 10.2 Å². The Kier molecular flexibility index (Phi) is 7.70. The number of nitrogens with one attached hydrogen (secondary N) is 1. The van der Waals surface area contributed by atoms with Crippen LogP contribution in [0.1, 0.15) is 22.9 Å². The second kappa shape index (κ2) is 10.4. The first-order valence-electron chi connectivity index (χ1n) is 9.78. The lowest BCUT2D eigenvalue weighted by Gasteiger charge is -2.20. The van der Waals surface area contributed by atoms with E-state index in [1.807, 2.05) is 35.2 Å². The summed E-state index contributed by atoms with van der Waals surface area (Å²) < 4.78 is 2.00. The summed E-state index contributed by atoms with van der Waals surface area (Å²) >= 11 is 2.98. The number of hydrogen-bond donors (Lipinski definition) is 1. The van der Waals surface area contributed by atoms with Gasteiger partial charge in [0.15, 0.2) is 5.16 Å². The zero-order valence-corrected chi connectivity index (χ0v) is 19.1. The predicted molar refractivity (Wildman–Crippen MR) is 122 cm³/mol. The van der Waals surface area contributed by atoms with Crippen molar-refractivity contribution in [3.8, 4) is 5.69 Å². The van der Waals surface area contributed by atoms with Crippen LogP contribution in [0.15, 0.2) is 53.3 Å². The molecular weight excluding hydrogens is 416 g/mol. The Hall–Kier alpha value is -2.58. The molecule has 6 nitrogen and oxygen atoms in total. The first kappa shape index (κ1) is 22.1. The fourth-order valence-electron chi connectivity index (χ4n) is 2.98. The molecule has 2 amide bonds. The number of amides is 2. The third-order valence-corrected chi connectivity index (χ3v) is 6.49. The number of aromatic nitrogens is 2. The molecule has 8 heteroatoms. The average molecular weight is 443 g/mol. The highest BCUT2D eigenvalue weighted by Gasteiger charge is 2.17. The summed E-state index contributed by atoms with van der Waals surface area (Å²) in [4.78, 5) is 32.0. The Morgan fingerprint density at radius 2 is 2.10 bits per heavy atom. The number of rotatable bonds is 9. The molecule has 0 aliphatic heterocycles. The summed E-state index contributed by atoms with van der Waals surface area (Å²) in [7, 11) is 0. The lowest BCUT2D eigenvalue weighted by molar-refractivity contribution is -0.133. The molecular formula is C22H26N4O2S2. The van der Waals surface area contributed by atoms with Gasteiger partial charge >= 0.3 is 0 Å². The molecule has 1 N–H and O–H groups in total. The lowest BCUT2D eigenvalue weighted by atomic mass is 10.1. The van der Waals surface area contributed by atoms with E-state index in [4.69, 9.17) is 0 Å². The monoisotopic (exact) mass is 442 g/mol. The van der Waals surface area contributed by atoms with Crippen LogP contribution in [-0.2, 0) is 16.1 Å². The molecule has 0 atom stereocenters. The van der Waals surface area contributed by atoms with E-state index < -0.39 is 0 Å². The highest BCUT2D eigenvalue weighted by atomic mass is 32.2. The molecule has 0 saturated heterocycles. The summed E-state index contributed by atoms with van der Waals surface area (Å²) in [6.07, 6.45) is 3.65. The molecule has 0 unspecified atom stereocenters. The fraction of sp³-hybridized carbons (Fsp3) is 0.318. The third kappa shape index (κ3) is 5.73. The molecule has 30 heavy (non-hydrogen) atoms. The van der Waals surface area contributed by atoms with Gasteiger partial charge in [-0.05, 0) is 49.4 Å². The molecule has 0 saturated carbocycles. The highest BCUT2D eigenvalue weighted by molar-refractivity contribution is 7.99. The SMILES string of the molecule is CCN(CC(=O)NCc1cccs1)C(=O)CSc1nccn1-c1cc(C)ccc1C. The van der Waals surface area contributed by atoms with Gasteiger partial charge in [0.05, 0.1) is 24.5 Å². The largest absolute Gasteiger partial charge is 0.350 e. The van der Waals surface area contributed by atoms with Crippen molar-refractivity contribution in [2.45, 2.75) is 32.5 Å². The van der Waals surface area contributed by atoms with E-state index in [9.17, 15) is 9.59 Å². The number of imidazole rings is 1. The second-order valence-corrected chi connectivity index (χ2v) is 8.90. The molecule has 2 heterocycles. The molecule has 2 aromatic heterocycles. The lowest BCUT2D eigenvalue weighted by Crippen LogP contribution is -2.41. The molecule has 158 valence electrons. The molecule has 0 aliphatic carbocycles. The van der Waals surface area contributed by atoms with Crippen LogP contribution in [-0.4, -0.2) is 45.1 Å². The van der Waals surface area contributed by atoms with E-state index in [2.05, 4.69) is 42.3 Å². The Morgan fingerprint density at radius 3 is 2.83 bits per heavy atom. The third-order valence-electron chi connectivity index (χ3n) is 4.66. The minimum atomic E-state index is -0.152. The average Bonchev–Trinajstić information content (AvgIpc) is 3.42. The Labute approximate surface area is 185 Å². The van der Waals surface area contributed by atoms with Gasteiger partial charge in [-0.1, -0.05) is 30.0 Å². The van der Waals surface area contributed by atoms with E-state index in [1.54, 1.807) is 22.4 Å². The number of thiophene rings is 1. The Morgan fingerprint density at radius 1 is 1.27 bits per heavy atom. The van der Waals surface area contributed by atoms with Crippen molar-refractivity contribution in [3.63, 3.8) is 0 Å². The molecule has 0 radical (unpaired) electrons. The van der Waals surface area contributed by atoms with E-state index in [1.165, 1.54) is 17.3 Å². The first-order chi connectivity index (χ1) is 14.5. The standard InChI is InChI=1S/C22H26N4O2S2/c1-4-25(14-20(27)24-13-18-6-5-11-29-18)21(28)15-30-22-23-9-10-26(22)19-12-16(2)7-8-17(19)3/h5-12H,4,13-15H2,1-3H3,(H,24,27). The maximum atomic E-state index is 12.7. The number of thioether (sulfide) groups is 1. The van der Waals surface area contributed by atoms with Crippen LogP contribution >= 0.6 is 23.1 Å². The zero-order chi connectivity index (χ0) is 21.5. The molecule has 3 aromatic rings. The minimum Gasteiger partial charge on any atom is -0.350 e. The van der Waals surface area contributed by atoms with Crippen LogP contribution in [0, 0.1) is 13.8 Å². The van der Waals surface area contributed by atoms with E-state index in [0.29, 0.717) is 13.1 Å². The quantitative estimate of drug-likeness (QED) is 0.512. The van der Waals surface area contributed by atoms with Gasteiger partial charge in [-0.15, -0.1) is 11.3 Å². The van der Waals surface area contributed by atoms with Crippen LogP contribution in [0.4, 0.5) is 0 Å². The van der Waals surface area contributed by atoms with Crippen molar-refractivity contribution in [2.24, 2.45) is 0 Å². The number of carbonyl (C=O) groups excluding carboxylic acids is 2. The van der Waals surface area contributed by atoms with E-state index in [-0.39, 0.29) is 24.1 Å². The van der Waals surface area contributed by atoms with Crippen LogP contribution in [0.5, 0.6) is 0 Å². The molecule has 1 aromatic carbocycles. The van der Waals surface area contributed by atoms with Gasteiger partial charge in [-0.2, -0.15) is 0 Å². The summed E-state index contributed by atoms with van der Waals surface area (Å²) in [5.41, 5.74) is 3.37. The van der Waals surface area contributed by atoms with Gasteiger partial charge in [-0.3, -0.25) is 14.2 Å². The van der Waals surface area contributed by atoms with Gasteiger partial charge in [0.2, 0.25) is 11.8 Å². The van der Waals surface area contributed by atoms with Crippen LogP contribution in [0.2, 0.25) is 0 Å². The number of nitrogens with zero attached hydrogens (tertiary/aromatic N) is 3. The van der Waals surface area contributed by atoms with Gasteiger partial charge in [0.25, 0.3) is 0 Å². The van der Waals surface area contributed by atoms with Crippen molar-refractivity contribution in [2.75, 3.05) is 18.8 Å². The summed E-state index contributed by atoms with van der Waals surface area (Å²) in [6.45, 7) is 7.03. The van der Waals surface area contributed by atoms with E-state index >= 15 is 0 Å². The maximum Gasteiger partial charge on any atom is 0.239 e. The van der Waals surface area contributed by atoms with Gasteiger partial charge in [0, 0.05) is 23.8 Å². The van der Waals surface area contributed by atoms with Crippen LogP contribution in [0.3, 0.4) is 0 Å². The Bertz CT molecular complexity index is 998. The number of aryl methyl sites for hydroxylation is 2. The van der Waals surface area contributed by atoms with Crippen molar-refractivity contribution in [3.05, 3.63) is 64.1 Å². The maximum absolute atomic E-state index is 12.7. The smallest absolute Gasteiger partial charge is 0.239 e. The topological polar surface area (TPSA) is 67.2 Å². The van der Waals surface area contributed by atoms with Crippen LogP contribution in [0.25, 0.3) is 5.69 Å². The molecule has 3 rings (SSSR count).